The number of benzene rings is 1. The van der Waals surface area contributed by atoms with E-state index in [9.17, 15) is 9.90 Å². The van der Waals surface area contributed by atoms with Gasteiger partial charge in [-0.25, -0.2) is 4.98 Å². The molecular formula is C12H9BrN2O3. The molecule has 0 unspecified atom stereocenters. The van der Waals surface area contributed by atoms with Crippen LogP contribution in [0.25, 0.3) is 0 Å². The van der Waals surface area contributed by atoms with Crippen LogP contribution < -0.4 is 5.32 Å². The van der Waals surface area contributed by atoms with Crippen LogP contribution in [0.1, 0.15) is 10.4 Å². The first-order chi connectivity index (χ1) is 8.56. The third kappa shape index (κ3) is 2.78. The number of phenols is 2. The number of pyridine rings is 1. The smallest absolute Gasteiger partial charge is 0.256 e. The van der Waals surface area contributed by atoms with Crippen molar-refractivity contribution in [3.8, 4) is 11.5 Å². The Balaban J connectivity index is 2.16. The number of rotatable bonds is 2. The van der Waals surface area contributed by atoms with Gasteiger partial charge in [-0.1, -0.05) is 0 Å². The van der Waals surface area contributed by atoms with Gasteiger partial charge in [0.25, 0.3) is 5.91 Å². The molecule has 0 aliphatic rings. The van der Waals surface area contributed by atoms with Gasteiger partial charge in [0.15, 0.2) is 11.5 Å². The van der Waals surface area contributed by atoms with Crippen LogP contribution in [0.5, 0.6) is 11.5 Å². The maximum atomic E-state index is 11.8. The number of nitrogens with one attached hydrogen (secondary N) is 1. The third-order valence-corrected chi connectivity index (χ3v) is 2.68. The van der Waals surface area contributed by atoms with E-state index in [2.05, 4.69) is 26.2 Å². The van der Waals surface area contributed by atoms with Crippen LogP contribution in [-0.4, -0.2) is 21.1 Å². The molecule has 0 aliphatic carbocycles. The van der Waals surface area contributed by atoms with E-state index in [1.807, 2.05) is 0 Å². The summed E-state index contributed by atoms with van der Waals surface area (Å²) in [5.74, 6) is -0.629. The molecule has 2 aromatic rings. The largest absolute Gasteiger partial charge is 0.504 e. The highest BCUT2D eigenvalue weighted by Gasteiger charge is 2.09. The second-order valence-electron chi connectivity index (χ2n) is 3.52. The van der Waals surface area contributed by atoms with Gasteiger partial charge in [0, 0.05) is 16.2 Å². The number of halogens is 1. The molecule has 1 aromatic carbocycles. The molecule has 0 radical (unpaired) electrons. The summed E-state index contributed by atoms with van der Waals surface area (Å²) in [6.07, 6.45) is 1.56. The minimum absolute atomic E-state index is 0.231. The van der Waals surface area contributed by atoms with Gasteiger partial charge in [-0.2, -0.15) is 0 Å². The average Bonchev–Trinajstić information content (AvgIpc) is 2.35. The van der Waals surface area contributed by atoms with Crippen LogP contribution in [0.15, 0.2) is 41.0 Å². The Labute approximate surface area is 111 Å². The van der Waals surface area contributed by atoms with Crippen LogP contribution >= 0.6 is 15.9 Å². The molecule has 0 atom stereocenters. The molecule has 92 valence electrons. The zero-order valence-electron chi connectivity index (χ0n) is 9.09. The van der Waals surface area contributed by atoms with E-state index in [4.69, 9.17) is 5.11 Å². The van der Waals surface area contributed by atoms with Crippen molar-refractivity contribution in [2.24, 2.45) is 0 Å². The summed E-state index contributed by atoms with van der Waals surface area (Å²) in [5, 5.41) is 21.0. The van der Waals surface area contributed by atoms with Gasteiger partial charge in [-0.15, -0.1) is 0 Å². The number of hydrogen-bond acceptors (Lipinski definition) is 4. The van der Waals surface area contributed by atoms with Gasteiger partial charge in [0.1, 0.15) is 5.82 Å². The lowest BCUT2D eigenvalue weighted by molar-refractivity contribution is 0.102. The predicted octanol–water partition coefficient (Wildman–Crippen LogP) is 2.51. The average molecular weight is 309 g/mol. The summed E-state index contributed by atoms with van der Waals surface area (Å²) >= 11 is 3.24. The zero-order valence-corrected chi connectivity index (χ0v) is 10.7. The van der Waals surface area contributed by atoms with Crippen LogP contribution in [0, 0.1) is 0 Å². The van der Waals surface area contributed by atoms with Crippen molar-refractivity contribution in [2.45, 2.75) is 0 Å². The number of phenolic OH excluding ortho intramolecular Hbond substituents is 2. The van der Waals surface area contributed by atoms with Crippen LogP contribution in [-0.2, 0) is 0 Å². The topological polar surface area (TPSA) is 82.5 Å². The molecule has 0 saturated carbocycles. The van der Waals surface area contributed by atoms with E-state index in [-0.39, 0.29) is 17.1 Å². The lowest BCUT2D eigenvalue weighted by Crippen LogP contribution is -2.12. The third-order valence-electron chi connectivity index (χ3n) is 2.21. The van der Waals surface area contributed by atoms with Crippen molar-refractivity contribution in [1.29, 1.82) is 0 Å². The summed E-state index contributed by atoms with van der Waals surface area (Å²) in [6, 6.07) is 7.23. The molecule has 5 nitrogen and oxygen atoms in total. The van der Waals surface area contributed by atoms with Gasteiger partial charge in [0.2, 0.25) is 0 Å². The lowest BCUT2D eigenvalue weighted by Gasteiger charge is -2.05. The SMILES string of the molecule is O=C(Nc1ccc(Br)cn1)c1ccc(O)c(O)c1. The monoisotopic (exact) mass is 308 g/mol. The van der Waals surface area contributed by atoms with E-state index >= 15 is 0 Å². The van der Waals surface area contributed by atoms with E-state index in [0.717, 1.165) is 4.47 Å². The van der Waals surface area contributed by atoms with Crippen LogP contribution in [0.2, 0.25) is 0 Å². The Hall–Kier alpha value is -2.08. The molecule has 0 spiro atoms. The number of aromatic hydroxyl groups is 2. The highest BCUT2D eigenvalue weighted by atomic mass is 79.9. The van der Waals surface area contributed by atoms with Crippen LogP contribution in [0.4, 0.5) is 5.82 Å². The molecule has 3 N–H and O–H groups in total. The van der Waals surface area contributed by atoms with E-state index in [0.29, 0.717) is 5.82 Å². The number of carbonyl (C=O) groups is 1. The second-order valence-corrected chi connectivity index (χ2v) is 4.43. The Morgan fingerprint density at radius 2 is 1.94 bits per heavy atom. The molecule has 18 heavy (non-hydrogen) atoms. The minimum atomic E-state index is -0.417. The van der Waals surface area contributed by atoms with Gasteiger partial charge < -0.3 is 15.5 Å². The summed E-state index contributed by atoms with van der Waals surface area (Å²) < 4.78 is 0.808. The first-order valence-corrected chi connectivity index (χ1v) is 5.80. The van der Waals surface area contributed by atoms with Gasteiger partial charge in [-0.05, 0) is 46.3 Å². The zero-order chi connectivity index (χ0) is 13.1. The summed E-state index contributed by atoms with van der Waals surface area (Å²) in [4.78, 5) is 15.8. The predicted molar refractivity (Wildman–Crippen MR) is 69.7 cm³/mol. The van der Waals surface area contributed by atoms with Crippen molar-refractivity contribution in [2.75, 3.05) is 5.32 Å². The standard InChI is InChI=1S/C12H9BrN2O3/c13-8-2-4-11(14-6-8)15-12(18)7-1-3-9(16)10(17)5-7/h1-6,16-17H,(H,14,15,18). The molecule has 2 rings (SSSR count). The van der Waals surface area contributed by atoms with E-state index in [1.54, 1.807) is 18.3 Å². The molecule has 1 heterocycles. The van der Waals surface area contributed by atoms with Crippen molar-refractivity contribution < 1.29 is 15.0 Å². The molecule has 0 saturated heterocycles. The molecule has 0 aliphatic heterocycles. The molecule has 6 heteroatoms. The Bertz CT molecular complexity index is 584. The number of amides is 1. The van der Waals surface area contributed by atoms with Crippen molar-refractivity contribution in [1.82, 2.24) is 4.98 Å². The van der Waals surface area contributed by atoms with Crippen LogP contribution in [0.3, 0.4) is 0 Å². The van der Waals surface area contributed by atoms with E-state index in [1.165, 1.54) is 18.2 Å². The Morgan fingerprint density at radius 3 is 2.56 bits per heavy atom. The maximum Gasteiger partial charge on any atom is 0.256 e. The van der Waals surface area contributed by atoms with Gasteiger partial charge in [0.05, 0.1) is 0 Å². The Morgan fingerprint density at radius 1 is 1.17 bits per heavy atom. The Kier molecular flexibility index (Phi) is 3.47. The highest BCUT2D eigenvalue weighted by Crippen LogP contribution is 2.25. The number of nitrogens with zero attached hydrogens (tertiary/aromatic N) is 1. The first-order valence-electron chi connectivity index (χ1n) is 5.01. The van der Waals surface area contributed by atoms with Crippen molar-refractivity contribution in [3.63, 3.8) is 0 Å². The first kappa shape index (κ1) is 12.4. The molecule has 0 fully saturated rings. The quantitative estimate of drug-likeness (QED) is 0.744. The lowest BCUT2D eigenvalue weighted by atomic mass is 10.2. The molecular weight excluding hydrogens is 300 g/mol. The minimum Gasteiger partial charge on any atom is -0.504 e. The van der Waals surface area contributed by atoms with Crippen molar-refractivity contribution >= 4 is 27.7 Å². The van der Waals surface area contributed by atoms with E-state index < -0.39 is 5.91 Å². The number of anilines is 1. The fourth-order valence-corrected chi connectivity index (χ4v) is 1.54. The summed E-state index contributed by atoms with van der Waals surface area (Å²) in [6.45, 7) is 0. The molecule has 1 amide bonds. The summed E-state index contributed by atoms with van der Waals surface area (Å²) in [5.41, 5.74) is 0.231. The number of aromatic nitrogens is 1. The van der Waals surface area contributed by atoms with Gasteiger partial charge in [-0.3, -0.25) is 4.79 Å². The molecule has 0 bridgehead atoms. The number of carbonyl (C=O) groups excluding carboxylic acids is 1. The van der Waals surface area contributed by atoms with Gasteiger partial charge >= 0.3 is 0 Å². The normalized spacial score (nSPS) is 10.1. The second kappa shape index (κ2) is 5.05. The number of hydrogen-bond donors (Lipinski definition) is 3. The maximum absolute atomic E-state index is 11.8. The fourth-order valence-electron chi connectivity index (χ4n) is 1.30. The summed E-state index contributed by atoms with van der Waals surface area (Å²) in [7, 11) is 0. The molecule has 1 aromatic heterocycles. The highest BCUT2D eigenvalue weighted by molar-refractivity contribution is 9.10. The van der Waals surface area contributed by atoms with Crippen molar-refractivity contribution in [3.05, 3.63) is 46.6 Å². The fraction of sp³-hybridized carbons (Fsp3) is 0.